The zero-order valence-corrected chi connectivity index (χ0v) is 12.8. The lowest BCUT2D eigenvalue weighted by atomic mass is 10.0. The molecule has 0 unspecified atom stereocenters. The van der Waals surface area contributed by atoms with E-state index >= 15 is 0 Å². The van der Waals surface area contributed by atoms with E-state index in [-0.39, 0.29) is 4.90 Å². The first-order chi connectivity index (χ1) is 9.02. The predicted octanol–water partition coefficient (Wildman–Crippen LogP) is 3.80. The molecule has 0 radical (unpaired) electrons. The van der Waals surface area contributed by atoms with Gasteiger partial charge >= 0.3 is 0 Å². The normalized spacial score (nSPS) is 14.6. The minimum Gasteiger partial charge on any atom is -0.282 e. The topological polar surface area (TPSA) is 54.4 Å². The second kappa shape index (κ2) is 6.29. The van der Waals surface area contributed by atoms with Crippen molar-refractivity contribution >= 4 is 21.9 Å². The molecule has 1 aliphatic heterocycles. The molecule has 1 aromatic carbocycles. The van der Waals surface area contributed by atoms with Crippen molar-refractivity contribution in [1.29, 1.82) is 0 Å². The third-order valence-corrected chi connectivity index (χ3v) is 5.44. The molecule has 106 valence electrons. The van der Waals surface area contributed by atoms with E-state index < -0.39 is 10.1 Å². The van der Waals surface area contributed by atoms with E-state index in [9.17, 15) is 13.0 Å². The first-order valence-corrected chi connectivity index (χ1v) is 9.31. The molecule has 1 aromatic rings. The van der Waals surface area contributed by atoms with E-state index in [1.54, 1.807) is 17.8 Å². The van der Waals surface area contributed by atoms with Crippen molar-refractivity contribution in [3.8, 4) is 0 Å². The standard InChI is InChI=1S/C14H20O3S2/c1-2-3-4-5-6-11-7-12-9-18-10-13(12)8-14(11)19(15,16)17/h7-8H,2-6,9-10H2,1H3,(H,15,16,17). The Morgan fingerprint density at radius 2 is 1.84 bits per heavy atom. The lowest BCUT2D eigenvalue weighted by molar-refractivity contribution is 0.481. The number of benzene rings is 1. The quantitative estimate of drug-likeness (QED) is 0.641. The van der Waals surface area contributed by atoms with Gasteiger partial charge in [0.25, 0.3) is 10.1 Å². The first-order valence-electron chi connectivity index (χ1n) is 6.72. The summed E-state index contributed by atoms with van der Waals surface area (Å²) in [6.45, 7) is 2.15. The molecule has 0 saturated carbocycles. The molecule has 3 nitrogen and oxygen atoms in total. The van der Waals surface area contributed by atoms with Gasteiger partial charge in [-0.05, 0) is 35.6 Å². The zero-order valence-electron chi connectivity index (χ0n) is 11.2. The van der Waals surface area contributed by atoms with Crippen LogP contribution >= 0.6 is 11.8 Å². The van der Waals surface area contributed by atoms with Gasteiger partial charge in [0.05, 0.1) is 4.90 Å². The van der Waals surface area contributed by atoms with Crippen molar-refractivity contribution in [2.45, 2.75) is 55.4 Å². The molecule has 1 N–H and O–H groups in total. The first kappa shape index (κ1) is 14.9. The summed E-state index contributed by atoms with van der Waals surface area (Å²) in [5.74, 6) is 1.79. The van der Waals surface area contributed by atoms with Crippen molar-refractivity contribution in [2.75, 3.05) is 0 Å². The molecule has 0 amide bonds. The van der Waals surface area contributed by atoms with Crippen LogP contribution in [0.1, 0.15) is 49.3 Å². The number of aryl methyl sites for hydroxylation is 1. The van der Waals surface area contributed by atoms with Crippen molar-refractivity contribution < 1.29 is 13.0 Å². The monoisotopic (exact) mass is 300 g/mol. The maximum absolute atomic E-state index is 11.5. The van der Waals surface area contributed by atoms with E-state index in [2.05, 4.69) is 6.92 Å². The molecule has 5 heteroatoms. The Hall–Kier alpha value is -0.520. The maximum Gasteiger partial charge on any atom is 0.294 e. The molecule has 1 aliphatic rings. The van der Waals surface area contributed by atoms with Crippen LogP contribution in [0.25, 0.3) is 0 Å². The molecule has 0 atom stereocenters. The SMILES string of the molecule is CCCCCCc1cc2c(cc1S(=O)(=O)O)CSC2. The Bertz CT molecular complexity index is 550. The molecular weight excluding hydrogens is 280 g/mol. The van der Waals surface area contributed by atoms with Gasteiger partial charge < -0.3 is 0 Å². The predicted molar refractivity (Wildman–Crippen MR) is 79.1 cm³/mol. The highest BCUT2D eigenvalue weighted by molar-refractivity contribution is 7.98. The summed E-state index contributed by atoms with van der Waals surface area (Å²) in [5.41, 5.74) is 3.05. The lowest BCUT2D eigenvalue weighted by Gasteiger charge is -2.10. The molecule has 1 heterocycles. The fourth-order valence-corrected chi connectivity index (χ4v) is 4.30. The largest absolute Gasteiger partial charge is 0.294 e. The minimum atomic E-state index is -4.11. The van der Waals surface area contributed by atoms with Crippen molar-refractivity contribution in [1.82, 2.24) is 0 Å². The lowest BCUT2D eigenvalue weighted by Crippen LogP contribution is -2.05. The number of fused-ring (bicyclic) bond motifs is 1. The van der Waals surface area contributed by atoms with Gasteiger partial charge in [0.15, 0.2) is 0 Å². The zero-order chi connectivity index (χ0) is 13.9. The Kier molecular flexibility index (Phi) is 4.92. The van der Waals surface area contributed by atoms with Crippen LogP contribution in [0.2, 0.25) is 0 Å². The number of rotatable bonds is 6. The van der Waals surface area contributed by atoms with Crippen molar-refractivity contribution in [2.24, 2.45) is 0 Å². The van der Waals surface area contributed by atoms with Crippen LogP contribution in [0.5, 0.6) is 0 Å². The van der Waals surface area contributed by atoms with Crippen LogP contribution < -0.4 is 0 Å². The average molecular weight is 300 g/mol. The smallest absolute Gasteiger partial charge is 0.282 e. The molecular formula is C14H20O3S2. The van der Waals surface area contributed by atoms with Gasteiger partial charge in [0.2, 0.25) is 0 Å². The van der Waals surface area contributed by atoms with Gasteiger partial charge in [-0.2, -0.15) is 20.2 Å². The van der Waals surface area contributed by atoms with E-state index in [0.29, 0.717) is 0 Å². The van der Waals surface area contributed by atoms with E-state index in [1.165, 1.54) is 12.0 Å². The average Bonchev–Trinajstić information content (AvgIpc) is 2.79. The van der Waals surface area contributed by atoms with Crippen LogP contribution in [0, 0.1) is 0 Å². The Morgan fingerprint density at radius 1 is 1.16 bits per heavy atom. The summed E-state index contributed by atoms with van der Waals surface area (Å²) in [7, 11) is -4.11. The van der Waals surface area contributed by atoms with E-state index in [4.69, 9.17) is 0 Å². The number of unbranched alkanes of at least 4 members (excludes halogenated alkanes) is 3. The fraction of sp³-hybridized carbons (Fsp3) is 0.571. The third-order valence-electron chi connectivity index (χ3n) is 3.48. The van der Waals surface area contributed by atoms with Gasteiger partial charge in [0.1, 0.15) is 0 Å². The van der Waals surface area contributed by atoms with Crippen LogP contribution in [-0.2, 0) is 28.0 Å². The molecule has 0 fully saturated rings. The number of hydrogen-bond donors (Lipinski definition) is 1. The molecule has 19 heavy (non-hydrogen) atoms. The van der Waals surface area contributed by atoms with Crippen LogP contribution in [0.15, 0.2) is 17.0 Å². The van der Waals surface area contributed by atoms with Gasteiger partial charge in [0, 0.05) is 11.5 Å². The fourth-order valence-electron chi connectivity index (χ4n) is 2.44. The van der Waals surface area contributed by atoms with Gasteiger partial charge in [-0.25, -0.2) is 0 Å². The van der Waals surface area contributed by atoms with Gasteiger partial charge in [-0.15, -0.1) is 0 Å². The number of hydrogen-bond acceptors (Lipinski definition) is 3. The van der Waals surface area contributed by atoms with Crippen LogP contribution in [0.3, 0.4) is 0 Å². The second-order valence-electron chi connectivity index (χ2n) is 5.01. The molecule has 0 spiro atoms. The highest BCUT2D eigenvalue weighted by Crippen LogP contribution is 2.33. The molecule has 0 aromatic heterocycles. The van der Waals surface area contributed by atoms with Crippen LogP contribution in [0.4, 0.5) is 0 Å². The second-order valence-corrected chi connectivity index (χ2v) is 7.38. The summed E-state index contributed by atoms with van der Waals surface area (Å²) in [6, 6.07) is 3.64. The Morgan fingerprint density at radius 3 is 2.47 bits per heavy atom. The molecule has 0 bridgehead atoms. The van der Waals surface area contributed by atoms with Gasteiger partial charge in [-0.1, -0.05) is 32.3 Å². The molecule has 0 saturated heterocycles. The van der Waals surface area contributed by atoms with Crippen molar-refractivity contribution in [3.63, 3.8) is 0 Å². The third kappa shape index (κ3) is 3.74. The Labute approximate surface area is 119 Å². The maximum atomic E-state index is 11.5. The molecule has 0 aliphatic carbocycles. The van der Waals surface area contributed by atoms with Crippen molar-refractivity contribution in [3.05, 3.63) is 28.8 Å². The van der Waals surface area contributed by atoms with Gasteiger partial charge in [-0.3, -0.25) is 4.55 Å². The molecule has 2 rings (SSSR count). The number of thioether (sulfide) groups is 1. The van der Waals surface area contributed by atoms with E-state index in [1.807, 2.05) is 6.07 Å². The summed E-state index contributed by atoms with van der Waals surface area (Å²) < 4.78 is 32.4. The summed E-state index contributed by atoms with van der Waals surface area (Å²) in [6.07, 6.45) is 5.14. The van der Waals surface area contributed by atoms with Crippen LogP contribution in [-0.4, -0.2) is 13.0 Å². The Balaban J connectivity index is 2.25. The summed E-state index contributed by atoms with van der Waals surface area (Å²) >= 11 is 1.79. The minimum absolute atomic E-state index is 0.116. The van der Waals surface area contributed by atoms with E-state index in [0.717, 1.165) is 48.3 Å². The highest BCUT2D eigenvalue weighted by Gasteiger charge is 2.21. The summed E-state index contributed by atoms with van der Waals surface area (Å²) in [4.78, 5) is 0.116. The highest BCUT2D eigenvalue weighted by atomic mass is 32.2. The summed E-state index contributed by atoms with van der Waals surface area (Å²) in [5, 5.41) is 0.